The number of anilines is 1. The third-order valence-electron chi connectivity index (χ3n) is 2.95. The Hall–Kier alpha value is -1.69. The number of hydrogen-bond acceptors (Lipinski definition) is 2. The number of alkyl halides is 3. The summed E-state index contributed by atoms with van der Waals surface area (Å²) >= 11 is 5.81. The molecule has 0 bridgehead atoms. The number of nitrogen functional groups attached to an aromatic ring is 1. The maximum atomic E-state index is 12.9. The van der Waals surface area contributed by atoms with Gasteiger partial charge < -0.3 is 5.73 Å². The Kier molecular flexibility index (Phi) is 4.18. The fraction of sp³-hybridized carbons (Fsp3) is 0.357. The summed E-state index contributed by atoms with van der Waals surface area (Å²) in [5.74, 6) is 0.387. The summed E-state index contributed by atoms with van der Waals surface area (Å²) in [6.45, 7) is 4.75. The van der Waals surface area contributed by atoms with E-state index in [0.29, 0.717) is 23.6 Å². The second kappa shape index (κ2) is 5.60. The molecule has 0 aliphatic heterocycles. The van der Waals surface area contributed by atoms with Crippen LogP contribution < -0.4 is 5.73 Å². The molecule has 2 N–H and O–H groups in total. The van der Waals surface area contributed by atoms with Crippen LogP contribution in [0.1, 0.15) is 19.4 Å². The van der Waals surface area contributed by atoms with Crippen LogP contribution in [0, 0.1) is 5.92 Å². The Morgan fingerprint density at radius 2 is 1.95 bits per heavy atom. The molecule has 0 saturated heterocycles. The highest BCUT2D eigenvalue weighted by molar-refractivity contribution is 6.33. The van der Waals surface area contributed by atoms with Gasteiger partial charge in [-0.25, -0.2) is 0 Å². The third kappa shape index (κ3) is 3.50. The van der Waals surface area contributed by atoms with Gasteiger partial charge in [0.15, 0.2) is 0 Å². The predicted molar refractivity (Wildman–Crippen MR) is 76.9 cm³/mol. The lowest BCUT2D eigenvalue weighted by Gasteiger charge is -2.13. The van der Waals surface area contributed by atoms with Crippen molar-refractivity contribution >= 4 is 17.3 Å². The average Bonchev–Trinajstić information content (AvgIpc) is 2.78. The lowest BCUT2D eigenvalue weighted by atomic mass is 10.0. The number of nitrogens with zero attached hydrogens (tertiary/aromatic N) is 2. The van der Waals surface area contributed by atoms with E-state index >= 15 is 0 Å². The van der Waals surface area contributed by atoms with E-state index in [9.17, 15) is 13.2 Å². The zero-order chi connectivity index (χ0) is 15.8. The van der Waals surface area contributed by atoms with Gasteiger partial charge in [-0.1, -0.05) is 25.4 Å². The highest BCUT2D eigenvalue weighted by Crippen LogP contribution is 2.39. The minimum absolute atomic E-state index is 0.114. The molecule has 0 atom stereocenters. The maximum absolute atomic E-state index is 12.9. The summed E-state index contributed by atoms with van der Waals surface area (Å²) in [5.41, 5.74) is 4.95. The fourth-order valence-electron chi connectivity index (χ4n) is 2.01. The van der Waals surface area contributed by atoms with Crippen molar-refractivity contribution in [1.82, 2.24) is 9.78 Å². The second-order valence-electron chi connectivity index (χ2n) is 5.26. The van der Waals surface area contributed by atoms with E-state index < -0.39 is 17.4 Å². The molecule has 1 aromatic carbocycles. The molecule has 21 heavy (non-hydrogen) atoms. The molecule has 0 aliphatic rings. The van der Waals surface area contributed by atoms with E-state index in [0.717, 1.165) is 6.07 Å². The molecule has 0 unspecified atom stereocenters. The van der Waals surface area contributed by atoms with Gasteiger partial charge in [0.25, 0.3) is 0 Å². The van der Waals surface area contributed by atoms with Crippen LogP contribution in [0.25, 0.3) is 11.1 Å². The first-order chi connectivity index (χ1) is 9.68. The predicted octanol–water partition coefficient (Wildman–Crippen LogP) is 4.46. The molecule has 0 amide bonds. The molecule has 0 spiro atoms. The van der Waals surface area contributed by atoms with Crippen LogP contribution in [0.2, 0.25) is 5.02 Å². The van der Waals surface area contributed by atoms with Gasteiger partial charge in [0.05, 0.1) is 22.5 Å². The molecule has 1 aromatic heterocycles. The lowest BCUT2D eigenvalue weighted by Crippen LogP contribution is -2.09. The minimum atomic E-state index is -4.54. The normalized spacial score (nSPS) is 12.1. The van der Waals surface area contributed by atoms with E-state index in [2.05, 4.69) is 5.10 Å². The Balaban J connectivity index is 2.45. The van der Waals surface area contributed by atoms with Crippen molar-refractivity contribution in [1.29, 1.82) is 0 Å². The molecule has 7 heteroatoms. The van der Waals surface area contributed by atoms with Gasteiger partial charge >= 0.3 is 6.18 Å². The Morgan fingerprint density at radius 3 is 2.52 bits per heavy atom. The van der Waals surface area contributed by atoms with Crippen LogP contribution in [0.4, 0.5) is 18.9 Å². The first kappa shape index (κ1) is 15.7. The zero-order valence-corrected chi connectivity index (χ0v) is 12.3. The monoisotopic (exact) mass is 317 g/mol. The third-order valence-corrected chi connectivity index (χ3v) is 3.27. The summed E-state index contributed by atoms with van der Waals surface area (Å²) in [6.07, 6.45) is -1.33. The van der Waals surface area contributed by atoms with Gasteiger partial charge in [-0.3, -0.25) is 4.68 Å². The Morgan fingerprint density at radius 1 is 1.29 bits per heavy atom. The topological polar surface area (TPSA) is 43.8 Å². The number of benzene rings is 1. The van der Waals surface area contributed by atoms with Crippen LogP contribution in [0.15, 0.2) is 24.5 Å². The van der Waals surface area contributed by atoms with Gasteiger partial charge in [0.1, 0.15) is 0 Å². The number of hydrogen-bond donors (Lipinski definition) is 1. The summed E-state index contributed by atoms with van der Waals surface area (Å²) in [5, 5.41) is 4.02. The fourth-order valence-corrected chi connectivity index (χ4v) is 2.23. The summed E-state index contributed by atoms with van der Waals surface area (Å²) in [6, 6.07) is 2.42. The summed E-state index contributed by atoms with van der Waals surface area (Å²) in [7, 11) is 0. The zero-order valence-electron chi connectivity index (χ0n) is 11.6. The molecule has 0 saturated carbocycles. The molecular weight excluding hydrogens is 303 g/mol. The van der Waals surface area contributed by atoms with Crippen LogP contribution in [-0.4, -0.2) is 9.78 Å². The summed E-state index contributed by atoms with van der Waals surface area (Å²) < 4.78 is 40.5. The largest absolute Gasteiger partial charge is 0.418 e. The number of aromatic nitrogens is 2. The Bertz CT molecular complexity index is 647. The van der Waals surface area contributed by atoms with Crippen molar-refractivity contribution in [2.75, 3.05) is 5.73 Å². The van der Waals surface area contributed by atoms with Crippen molar-refractivity contribution in [2.45, 2.75) is 26.6 Å². The average molecular weight is 318 g/mol. The van der Waals surface area contributed by atoms with E-state index in [1.54, 1.807) is 10.9 Å². The van der Waals surface area contributed by atoms with Crippen molar-refractivity contribution in [2.24, 2.45) is 5.92 Å². The van der Waals surface area contributed by atoms with Crippen LogP contribution in [-0.2, 0) is 12.7 Å². The molecule has 3 nitrogen and oxygen atoms in total. The molecule has 2 aromatic rings. The van der Waals surface area contributed by atoms with Crippen LogP contribution in [0.5, 0.6) is 0 Å². The quantitative estimate of drug-likeness (QED) is 0.849. The molecule has 114 valence electrons. The van der Waals surface area contributed by atoms with Gasteiger partial charge in [0, 0.05) is 18.3 Å². The van der Waals surface area contributed by atoms with Crippen molar-refractivity contribution in [3.05, 3.63) is 35.1 Å². The molecular formula is C14H15ClF3N3. The van der Waals surface area contributed by atoms with E-state index in [1.807, 2.05) is 13.8 Å². The van der Waals surface area contributed by atoms with Crippen molar-refractivity contribution < 1.29 is 13.2 Å². The molecule has 0 aliphatic carbocycles. The van der Waals surface area contributed by atoms with E-state index in [4.69, 9.17) is 17.3 Å². The van der Waals surface area contributed by atoms with Crippen LogP contribution in [0.3, 0.4) is 0 Å². The second-order valence-corrected chi connectivity index (χ2v) is 5.67. The lowest BCUT2D eigenvalue weighted by molar-refractivity contribution is -0.136. The van der Waals surface area contributed by atoms with Gasteiger partial charge in [0.2, 0.25) is 0 Å². The molecule has 0 radical (unpaired) electrons. The van der Waals surface area contributed by atoms with E-state index in [1.165, 1.54) is 12.3 Å². The Labute approximate surface area is 125 Å². The van der Waals surface area contributed by atoms with Crippen LogP contribution >= 0.6 is 11.6 Å². The number of halogens is 4. The highest BCUT2D eigenvalue weighted by atomic mass is 35.5. The number of rotatable bonds is 3. The maximum Gasteiger partial charge on any atom is 0.418 e. The first-order valence-electron chi connectivity index (χ1n) is 6.37. The first-order valence-corrected chi connectivity index (χ1v) is 6.75. The molecule has 2 rings (SSSR count). The molecule has 1 heterocycles. The number of nitrogens with two attached hydrogens (primary N) is 1. The SMILES string of the molecule is CC(C)Cn1cc(-c2cc(Cl)c(N)c(C(F)(F)F)c2)cn1. The van der Waals surface area contributed by atoms with Gasteiger partial charge in [-0.2, -0.15) is 18.3 Å². The van der Waals surface area contributed by atoms with Gasteiger partial charge in [-0.05, 0) is 23.6 Å². The highest BCUT2D eigenvalue weighted by Gasteiger charge is 2.34. The minimum Gasteiger partial charge on any atom is -0.397 e. The summed E-state index contributed by atoms with van der Waals surface area (Å²) in [4.78, 5) is 0. The van der Waals surface area contributed by atoms with E-state index in [-0.39, 0.29) is 5.02 Å². The van der Waals surface area contributed by atoms with Crippen molar-refractivity contribution in [3.8, 4) is 11.1 Å². The van der Waals surface area contributed by atoms with Crippen molar-refractivity contribution in [3.63, 3.8) is 0 Å². The standard InChI is InChI=1S/C14H15ClF3N3/c1-8(2)6-21-7-10(5-20-21)9-3-11(14(16,17)18)13(19)12(15)4-9/h3-5,7-8H,6,19H2,1-2H3. The smallest absolute Gasteiger partial charge is 0.397 e. The molecule has 0 fully saturated rings. The van der Waals surface area contributed by atoms with Gasteiger partial charge in [-0.15, -0.1) is 0 Å².